The molecule has 1 rings (SSSR count). The third kappa shape index (κ3) is 4.44. The quantitative estimate of drug-likeness (QED) is 0.930. The van der Waals surface area contributed by atoms with Gasteiger partial charge in [0.1, 0.15) is 11.4 Å². The van der Waals surface area contributed by atoms with Crippen LogP contribution in [-0.4, -0.2) is 34.7 Å². The Hall–Kier alpha value is -2.11. The Labute approximate surface area is 123 Å². The topological polar surface area (TPSA) is 66.8 Å². The average molecular weight is 297 g/mol. The standard InChI is InChI=1S/C15H20FNO4/c1-9-6-7-10(8-11(9)16)12(13(18)19)17(5)14(20)21-15(2,3)4/h6-8,12H,1-5H3,(H,18,19). The molecule has 0 saturated carbocycles. The van der Waals surface area contributed by atoms with E-state index >= 15 is 0 Å². The van der Waals surface area contributed by atoms with Crippen LogP contribution >= 0.6 is 0 Å². The number of hydrogen-bond acceptors (Lipinski definition) is 3. The minimum absolute atomic E-state index is 0.180. The summed E-state index contributed by atoms with van der Waals surface area (Å²) in [6, 6.07) is 2.77. The van der Waals surface area contributed by atoms with Crippen molar-refractivity contribution in [2.75, 3.05) is 7.05 Å². The molecule has 0 saturated heterocycles. The van der Waals surface area contributed by atoms with Crippen molar-refractivity contribution < 1.29 is 23.8 Å². The summed E-state index contributed by atoms with van der Waals surface area (Å²) in [5.74, 6) is -1.78. The smallest absolute Gasteiger partial charge is 0.411 e. The number of carbonyl (C=O) groups is 2. The van der Waals surface area contributed by atoms with Crippen molar-refractivity contribution in [2.24, 2.45) is 0 Å². The Balaban J connectivity index is 3.09. The molecule has 21 heavy (non-hydrogen) atoms. The highest BCUT2D eigenvalue weighted by molar-refractivity contribution is 5.81. The fraction of sp³-hybridized carbons (Fsp3) is 0.467. The molecule has 0 aliphatic heterocycles. The van der Waals surface area contributed by atoms with Crippen molar-refractivity contribution in [3.63, 3.8) is 0 Å². The normalized spacial score (nSPS) is 12.7. The van der Waals surface area contributed by atoms with Crippen molar-refractivity contribution in [3.05, 3.63) is 35.1 Å². The minimum atomic E-state index is -1.31. The van der Waals surface area contributed by atoms with E-state index in [2.05, 4.69) is 0 Å². The van der Waals surface area contributed by atoms with Crippen LogP contribution in [0.5, 0.6) is 0 Å². The molecular weight excluding hydrogens is 277 g/mol. The van der Waals surface area contributed by atoms with Crippen LogP contribution in [-0.2, 0) is 9.53 Å². The molecule has 5 nitrogen and oxygen atoms in total. The molecule has 1 N–H and O–H groups in total. The third-order valence-electron chi connectivity index (χ3n) is 2.81. The van der Waals surface area contributed by atoms with Gasteiger partial charge in [-0.1, -0.05) is 12.1 Å². The summed E-state index contributed by atoms with van der Waals surface area (Å²) in [7, 11) is 1.31. The fourth-order valence-electron chi connectivity index (χ4n) is 1.75. The zero-order valence-corrected chi connectivity index (χ0v) is 12.8. The van der Waals surface area contributed by atoms with Crippen molar-refractivity contribution in [3.8, 4) is 0 Å². The summed E-state index contributed by atoms with van der Waals surface area (Å²) < 4.78 is 18.7. The minimum Gasteiger partial charge on any atom is -0.479 e. The number of hydrogen-bond donors (Lipinski definition) is 1. The number of amides is 1. The van der Waals surface area contributed by atoms with Gasteiger partial charge in [0.2, 0.25) is 0 Å². The van der Waals surface area contributed by atoms with E-state index in [0.29, 0.717) is 5.56 Å². The van der Waals surface area contributed by atoms with Gasteiger partial charge in [-0.25, -0.2) is 14.0 Å². The van der Waals surface area contributed by atoms with Crippen LogP contribution in [0, 0.1) is 12.7 Å². The molecule has 1 aromatic carbocycles. The number of carboxylic acid groups (broad SMARTS) is 1. The molecule has 0 aliphatic carbocycles. The molecule has 0 heterocycles. The molecule has 1 unspecified atom stereocenters. The summed E-state index contributed by atoms with van der Waals surface area (Å²) in [4.78, 5) is 24.4. The number of nitrogens with zero attached hydrogens (tertiary/aromatic N) is 1. The summed E-state index contributed by atoms with van der Waals surface area (Å²) in [5, 5.41) is 9.33. The maximum absolute atomic E-state index is 13.6. The maximum Gasteiger partial charge on any atom is 0.411 e. The van der Waals surface area contributed by atoms with Crippen molar-refractivity contribution in [1.29, 1.82) is 0 Å². The lowest BCUT2D eigenvalue weighted by Crippen LogP contribution is -2.39. The number of halogens is 1. The van der Waals surface area contributed by atoms with E-state index in [-0.39, 0.29) is 5.56 Å². The Bertz CT molecular complexity index is 551. The Kier molecular flexibility index (Phi) is 4.93. The van der Waals surface area contributed by atoms with Crippen LogP contribution < -0.4 is 0 Å². The second-order valence-corrected chi connectivity index (χ2v) is 5.84. The molecule has 0 radical (unpaired) electrons. The van der Waals surface area contributed by atoms with Crippen LogP contribution in [0.4, 0.5) is 9.18 Å². The first kappa shape index (κ1) is 16.9. The van der Waals surface area contributed by atoms with Gasteiger partial charge in [0.05, 0.1) is 0 Å². The van der Waals surface area contributed by atoms with Gasteiger partial charge in [0.15, 0.2) is 6.04 Å². The fourth-order valence-corrected chi connectivity index (χ4v) is 1.75. The monoisotopic (exact) mass is 297 g/mol. The van der Waals surface area contributed by atoms with E-state index in [0.717, 1.165) is 11.0 Å². The van der Waals surface area contributed by atoms with E-state index in [4.69, 9.17) is 4.74 Å². The van der Waals surface area contributed by atoms with Crippen LogP contribution in [0.25, 0.3) is 0 Å². The van der Waals surface area contributed by atoms with Crippen LogP contribution in [0.2, 0.25) is 0 Å². The highest BCUT2D eigenvalue weighted by Gasteiger charge is 2.31. The van der Waals surface area contributed by atoms with E-state index in [1.165, 1.54) is 19.2 Å². The lowest BCUT2D eigenvalue weighted by Gasteiger charge is -2.28. The molecule has 6 heteroatoms. The predicted octanol–water partition coefficient (Wildman–Crippen LogP) is 3.13. The van der Waals surface area contributed by atoms with Gasteiger partial charge in [-0.15, -0.1) is 0 Å². The third-order valence-corrected chi connectivity index (χ3v) is 2.81. The van der Waals surface area contributed by atoms with Gasteiger partial charge < -0.3 is 9.84 Å². The van der Waals surface area contributed by atoms with Gasteiger partial charge in [-0.05, 0) is 44.9 Å². The van der Waals surface area contributed by atoms with E-state index in [1.54, 1.807) is 27.7 Å². The average Bonchev–Trinajstić information content (AvgIpc) is 2.31. The lowest BCUT2D eigenvalue weighted by atomic mass is 10.0. The van der Waals surface area contributed by atoms with Crippen molar-refractivity contribution in [1.82, 2.24) is 4.90 Å². The maximum atomic E-state index is 13.6. The molecule has 1 aromatic rings. The Morgan fingerprint density at radius 1 is 1.33 bits per heavy atom. The van der Waals surface area contributed by atoms with Crippen LogP contribution in [0.15, 0.2) is 18.2 Å². The van der Waals surface area contributed by atoms with E-state index < -0.39 is 29.5 Å². The highest BCUT2D eigenvalue weighted by atomic mass is 19.1. The van der Waals surface area contributed by atoms with Gasteiger partial charge in [-0.3, -0.25) is 4.90 Å². The molecule has 116 valence electrons. The number of likely N-dealkylation sites (N-methyl/N-ethyl adjacent to an activating group) is 1. The zero-order valence-electron chi connectivity index (χ0n) is 12.8. The highest BCUT2D eigenvalue weighted by Crippen LogP contribution is 2.24. The lowest BCUT2D eigenvalue weighted by molar-refractivity contribution is -0.142. The summed E-state index contributed by atoms with van der Waals surface area (Å²) >= 11 is 0. The molecule has 0 fully saturated rings. The molecule has 1 atom stereocenters. The zero-order chi connectivity index (χ0) is 16.4. The number of carbonyl (C=O) groups excluding carboxylic acids is 1. The molecular formula is C15H20FNO4. The number of carboxylic acids is 1. The van der Waals surface area contributed by atoms with Gasteiger partial charge in [0.25, 0.3) is 0 Å². The molecule has 0 spiro atoms. The SMILES string of the molecule is Cc1ccc(C(C(=O)O)N(C)C(=O)OC(C)(C)C)cc1F. The number of rotatable bonds is 3. The first-order valence-corrected chi connectivity index (χ1v) is 6.47. The number of benzene rings is 1. The summed E-state index contributed by atoms with van der Waals surface area (Å²) in [6.07, 6.45) is -0.782. The summed E-state index contributed by atoms with van der Waals surface area (Å²) in [5.41, 5.74) is -0.158. The second-order valence-electron chi connectivity index (χ2n) is 5.84. The van der Waals surface area contributed by atoms with Crippen molar-refractivity contribution in [2.45, 2.75) is 39.3 Å². The van der Waals surface area contributed by atoms with Gasteiger partial charge in [0, 0.05) is 7.05 Å². The summed E-state index contributed by atoms with van der Waals surface area (Å²) in [6.45, 7) is 6.62. The molecule has 0 bridgehead atoms. The molecule has 0 aliphatic rings. The number of aryl methyl sites for hydroxylation is 1. The number of aliphatic carboxylic acids is 1. The predicted molar refractivity (Wildman–Crippen MR) is 75.5 cm³/mol. The van der Waals surface area contributed by atoms with Crippen LogP contribution in [0.3, 0.4) is 0 Å². The van der Waals surface area contributed by atoms with Gasteiger partial charge >= 0.3 is 12.1 Å². The first-order valence-electron chi connectivity index (χ1n) is 6.47. The van der Waals surface area contributed by atoms with E-state index in [9.17, 15) is 19.1 Å². The van der Waals surface area contributed by atoms with Crippen molar-refractivity contribution >= 4 is 12.1 Å². The van der Waals surface area contributed by atoms with E-state index in [1.807, 2.05) is 0 Å². The molecule has 0 aromatic heterocycles. The largest absolute Gasteiger partial charge is 0.479 e. The van der Waals surface area contributed by atoms with Gasteiger partial charge in [-0.2, -0.15) is 0 Å². The Morgan fingerprint density at radius 2 is 1.90 bits per heavy atom. The number of ether oxygens (including phenoxy) is 1. The first-order chi connectivity index (χ1) is 9.53. The Morgan fingerprint density at radius 3 is 2.33 bits per heavy atom. The van der Waals surface area contributed by atoms with Crippen LogP contribution in [0.1, 0.15) is 37.9 Å². The molecule has 1 amide bonds. The second kappa shape index (κ2) is 6.11.